The minimum atomic E-state index is -3.16. The Hall–Kier alpha value is -0.620. The Morgan fingerprint density at radius 2 is 1.76 bits per heavy atom. The Bertz CT molecular complexity index is 354. The van der Waals surface area contributed by atoms with Gasteiger partial charge in [0.05, 0.1) is 11.0 Å². The number of esters is 1. The molecule has 0 aromatic rings. The van der Waals surface area contributed by atoms with Crippen LogP contribution in [0.2, 0.25) is 0 Å². The number of ether oxygens (including phenoxy) is 1. The van der Waals surface area contributed by atoms with Gasteiger partial charge in [-0.2, -0.15) is 0 Å². The number of rotatable bonds is 5. The zero-order valence-electron chi connectivity index (χ0n) is 11.2. The third kappa shape index (κ3) is 6.63. The number of carbonyl (C=O) groups is 1. The van der Waals surface area contributed by atoms with Gasteiger partial charge in [0, 0.05) is 0 Å². The van der Waals surface area contributed by atoms with Crippen molar-refractivity contribution in [2.24, 2.45) is 5.73 Å². The zero-order valence-corrected chi connectivity index (χ0v) is 12.0. The average molecular weight is 265 g/mol. The monoisotopic (exact) mass is 265 g/mol. The summed E-state index contributed by atoms with van der Waals surface area (Å²) in [7, 11) is -3.16. The van der Waals surface area contributed by atoms with Gasteiger partial charge in [0.15, 0.2) is 9.84 Å². The highest BCUT2D eigenvalue weighted by Gasteiger charge is 2.24. The van der Waals surface area contributed by atoms with Crippen molar-refractivity contribution >= 4 is 15.8 Å². The molecule has 0 aliphatic rings. The number of nitrogens with two attached hydrogens (primary N) is 1. The van der Waals surface area contributed by atoms with E-state index < -0.39 is 32.7 Å². The number of sulfone groups is 1. The van der Waals surface area contributed by atoms with E-state index in [1.54, 1.807) is 34.6 Å². The van der Waals surface area contributed by atoms with Gasteiger partial charge in [0.1, 0.15) is 11.6 Å². The molecule has 0 heterocycles. The molecule has 102 valence electrons. The van der Waals surface area contributed by atoms with Gasteiger partial charge in [0.25, 0.3) is 0 Å². The molecule has 1 atom stereocenters. The van der Waals surface area contributed by atoms with E-state index in [2.05, 4.69) is 0 Å². The molecule has 0 saturated carbocycles. The first-order chi connectivity index (χ1) is 7.46. The van der Waals surface area contributed by atoms with Crippen LogP contribution in [0.5, 0.6) is 0 Å². The van der Waals surface area contributed by atoms with Crippen LogP contribution in [0.3, 0.4) is 0 Å². The van der Waals surface area contributed by atoms with Crippen LogP contribution >= 0.6 is 0 Å². The Balaban J connectivity index is 4.29. The van der Waals surface area contributed by atoms with Crippen molar-refractivity contribution in [3.05, 3.63) is 0 Å². The first-order valence-corrected chi connectivity index (χ1v) is 7.37. The van der Waals surface area contributed by atoms with Crippen molar-refractivity contribution in [3.63, 3.8) is 0 Å². The van der Waals surface area contributed by atoms with Gasteiger partial charge in [-0.25, -0.2) is 8.42 Å². The van der Waals surface area contributed by atoms with Crippen molar-refractivity contribution in [2.75, 3.05) is 5.75 Å². The fourth-order valence-corrected chi connectivity index (χ4v) is 2.08. The first kappa shape index (κ1) is 16.4. The van der Waals surface area contributed by atoms with E-state index in [1.165, 1.54) is 0 Å². The van der Waals surface area contributed by atoms with E-state index >= 15 is 0 Å². The molecule has 0 fully saturated rings. The van der Waals surface area contributed by atoms with Crippen LogP contribution in [0.15, 0.2) is 0 Å². The van der Waals surface area contributed by atoms with Gasteiger partial charge in [-0.05, 0) is 41.0 Å². The molecule has 0 aliphatic carbocycles. The van der Waals surface area contributed by atoms with Crippen LogP contribution in [-0.4, -0.2) is 37.0 Å². The number of carbonyl (C=O) groups excluding carboxylic acids is 1. The predicted octanol–water partition coefficient (Wildman–Crippen LogP) is 0.869. The second-order valence-corrected chi connectivity index (χ2v) is 8.02. The van der Waals surface area contributed by atoms with E-state index in [9.17, 15) is 13.2 Å². The minimum Gasteiger partial charge on any atom is -0.459 e. The maximum atomic E-state index is 11.5. The predicted molar refractivity (Wildman–Crippen MR) is 67.4 cm³/mol. The molecular weight excluding hydrogens is 242 g/mol. The summed E-state index contributed by atoms with van der Waals surface area (Å²) in [6.07, 6.45) is 0.0927. The normalized spacial score (nSPS) is 14.8. The summed E-state index contributed by atoms with van der Waals surface area (Å²) in [4.78, 5) is 11.5. The molecule has 0 aromatic carbocycles. The summed E-state index contributed by atoms with van der Waals surface area (Å²) in [6, 6.07) is -0.886. The summed E-state index contributed by atoms with van der Waals surface area (Å²) in [5, 5.41) is -0.451. The lowest BCUT2D eigenvalue weighted by atomic mass is 10.2. The van der Waals surface area contributed by atoms with Crippen LogP contribution in [0, 0.1) is 0 Å². The lowest BCUT2D eigenvalue weighted by Gasteiger charge is -2.22. The maximum Gasteiger partial charge on any atom is 0.323 e. The summed E-state index contributed by atoms with van der Waals surface area (Å²) in [5.74, 6) is -0.651. The Kier molecular flexibility index (Phi) is 5.61. The average Bonchev–Trinajstić information content (AvgIpc) is 2.11. The molecule has 0 amide bonds. The molecule has 0 spiro atoms. The highest BCUT2D eigenvalue weighted by atomic mass is 32.2. The van der Waals surface area contributed by atoms with Crippen LogP contribution < -0.4 is 5.73 Å². The van der Waals surface area contributed by atoms with Crippen LogP contribution in [0.4, 0.5) is 0 Å². The second kappa shape index (κ2) is 5.82. The summed E-state index contributed by atoms with van der Waals surface area (Å²) >= 11 is 0. The quantitative estimate of drug-likeness (QED) is 0.745. The fourth-order valence-electron chi connectivity index (χ4n) is 1.02. The van der Waals surface area contributed by atoms with Crippen LogP contribution in [0.25, 0.3) is 0 Å². The smallest absolute Gasteiger partial charge is 0.323 e. The molecular formula is C11H23NO4S. The van der Waals surface area contributed by atoms with Gasteiger partial charge < -0.3 is 10.5 Å². The highest BCUT2D eigenvalue weighted by Crippen LogP contribution is 2.10. The molecule has 0 saturated heterocycles. The summed E-state index contributed by atoms with van der Waals surface area (Å²) in [6.45, 7) is 8.43. The van der Waals surface area contributed by atoms with Crippen molar-refractivity contribution in [1.82, 2.24) is 0 Å². The lowest BCUT2D eigenvalue weighted by molar-refractivity contribution is -0.156. The Morgan fingerprint density at radius 1 is 1.29 bits per heavy atom. The van der Waals surface area contributed by atoms with Crippen molar-refractivity contribution in [3.8, 4) is 0 Å². The second-order valence-electron chi connectivity index (χ2n) is 5.34. The van der Waals surface area contributed by atoms with E-state index in [0.29, 0.717) is 0 Å². The third-order valence-electron chi connectivity index (χ3n) is 2.14. The van der Waals surface area contributed by atoms with Gasteiger partial charge in [-0.3, -0.25) is 4.79 Å². The van der Waals surface area contributed by atoms with Gasteiger partial charge >= 0.3 is 5.97 Å². The number of hydrogen-bond acceptors (Lipinski definition) is 5. The Morgan fingerprint density at radius 3 is 2.12 bits per heavy atom. The summed E-state index contributed by atoms with van der Waals surface area (Å²) < 4.78 is 28.1. The van der Waals surface area contributed by atoms with Crippen LogP contribution in [-0.2, 0) is 19.4 Å². The first-order valence-electron chi connectivity index (χ1n) is 5.66. The molecule has 0 bridgehead atoms. The molecule has 0 aliphatic heterocycles. The Labute approximate surface area is 104 Å². The lowest BCUT2D eigenvalue weighted by Crippen LogP contribution is -2.39. The highest BCUT2D eigenvalue weighted by molar-refractivity contribution is 7.91. The zero-order chi connectivity index (χ0) is 13.9. The molecule has 1 unspecified atom stereocenters. The molecule has 0 aromatic heterocycles. The van der Waals surface area contributed by atoms with E-state index in [4.69, 9.17) is 10.5 Å². The molecule has 0 radical (unpaired) electrons. The third-order valence-corrected chi connectivity index (χ3v) is 4.38. The molecule has 0 rings (SSSR count). The van der Waals surface area contributed by atoms with Crippen molar-refractivity contribution < 1.29 is 17.9 Å². The minimum absolute atomic E-state index is 0.0922. The van der Waals surface area contributed by atoms with Gasteiger partial charge in [-0.1, -0.05) is 0 Å². The molecule has 6 heteroatoms. The number of hydrogen-bond donors (Lipinski definition) is 1. The van der Waals surface area contributed by atoms with Crippen molar-refractivity contribution in [2.45, 2.75) is 57.9 Å². The van der Waals surface area contributed by atoms with Crippen molar-refractivity contribution in [1.29, 1.82) is 0 Å². The van der Waals surface area contributed by atoms with E-state index in [-0.39, 0.29) is 12.2 Å². The fraction of sp³-hybridized carbons (Fsp3) is 0.909. The molecule has 5 nitrogen and oxygen atoms in total. The summed E-state index contributed by atoms with van der Waals surface area (Å²) in [5.41, 5.74) is 4.99. The standard InChI is InChI=1S/C11H23NO4S/c1-8(2)17(14,15)7-6-9(12)10(13)16-11(3,4)5/h8-9H,6-7,12H2,1-5H3. The molecule has 17 heavy (non-hydrogen) atoms. The largest absolute Gasteiger partial charge is 0.459 e. The van der Waals surface area contributed by atoms with E-state index in [0.717, 1.165) is 0 Å². The van der Waals surface area contributed by atoms with Gasteiger partial charge in [0.2, 0.25) is 0 Å². The maximum absolute atomic E-state index is 11.5. The topological polar surface area (TPSA) is 86.5 Å². The van der Waals surface area contributed by atoms with E-state index in [1.807, 2.05) is 0 Å². The van der Waals surface area contributed by atoms with Gasteiger partial charge in [-0.15, -0.1) is 0 Å². The molecule has 2 N–H and O–H groups in total. The van der Waals surface area contributed by atoms with Crippen LogP contribution in [0.1, 0.15) is 41.0 Å². The SMILES string of the molecule is CC(C)S(=O)(=O)CCC(N)C(=O)OC(C)(C)C.